The molecule has 0 bridgehead atoms. The van der Waals surface area contributed by atoms with Crippen LogP contribution in [0.15, 0.2) is 24.3 Å². The molecule has 0 radical (unpaired) electrons. The fourth-order valence-corrected chi connectivity index (χ4v) is 3.15. The minimum Gasteiger partial charge on any atom is -0.364 e. The predicted octanol–water partition coefficient (Wildman–Crippen LogP) is -0.134. The van der Waals surface area contributed by atoms with Gasteiger partial charge in [-0.15, -0.1) is 0 Å². The van der Waals surface area contributed by atoms with Crippen molar-refractivity contribution in [1.29, 1.82) is 0 Å². The van der Waals surface area contributed by atoms with E-state index >= 15 is 0 Å². The summed E-state index contributed by atoms with van der Waals surface area (Å²) >= 11 is 0. The number of ketones is 1. The highest BCUT2D eigenvalue weighted by Crippen LogP contribution is 2.27. The van der Waals surface area contributed by atoms with E-state index in [9.17, 15) is 9.59 Å². The topological polar surface area (TPSA) is 51.0 Å². The summed E-state index contributed by atoms with van der Waals surface area (Å²) in [6, 6.07) is 7.21. The highest BCUT2D eigenvalue weighted by atomic mass is 16.5. The maximum atomic E-state index is 12.1. The summed E-state index contributed by atoms with van der Waals surface area (Å²) in [5.74, 6) is -0.806. The number of quaternary nitrogens is 1. The van der Waals surface area contributed by atoms with Gasteiger partial charge in [0, 0.05) is 0 Å². The van der Waals surface area contributed by atoms with Crippen molar-refractivity contribution in [3.05, 3.63) is 29.8 Å². The number of benzene rings is 1. The van der Waals surface area contributed by atoms with E-state index in [1.807, 2.05) is 26.0 Å². The van der Waals surface area contributed by atoms with Crippen LogP contribution in [-0.2, 0) is 9.53 Å². The first kappa shape index (κ1) is 13.3. The number of hydrogen-bond acceptors (Lipinski definition) is 3. The van der Waals surface area contributed by atoms with Crippen LogP contribution in [0, 0.1) is 0 Å². The Kier molecular flexibility index (Phi) is 3.31. The molecule has 0 unspecified atom stereocenters. The molecule has 1 amide bonds. The Balaban J connectivity index is 1.81. The minimum absolute atomic E-state index is 0.178. The van der Waals surface area contributed by atoms with Gasteiger partial charge in [-0.05, 0) is 26.0 Å². The van der Waals surface area contributed by atoms with Gasteiger partial charge < -0.3 is 9.64 Å². The largest absolute Gasteiger partial charge is 0.364 e. The first-order chi connectivity index (χ1) is 9.56. The molecule has 0 aliphatic carbocycles. The molecule has 106 valence electrons. The number of nitrogens with zero attached hydrogens (tertiary/aromatic N) is 1. The van der Waals surface area contributed by atoms with Gasteiger partial charge in [0.05, 0.1) is 11.3 Å². The van der Waals surface area contributed by atoms with Crippen LogP contribution in [0.5, 0.6) is 0 Å². The van der Waals surface area contributed by atoms with E-state index in [4.69, 9.17) is 4.74 Å². The molecule has 1 fully saturated rings. The standard InChI is InChI=1S/C15H18N2O3/c1-10-7-16(8-11(2)20-10)9-17-13-6-4-3-5-12(13)14(18)15(17)19/h3-6,10-11H,7-9H2,1-2H3/p+1/t10-,11-/m0/s1. The molecule has 2 heterocycles. The van der Waals surface area contributed by atoms with Crippen LogP contribution in [0.25, 0.3) is 0 Å². The zero-order valence-electron chi connectivity index (χ0n) is 11.8. The number of ether oxygens (including phenoxy) is 1. The van der Waals surface area contributed by atoms with Gasteiger partial charge in [0.2, 0.25) is 0 Å². The average Bonchev–Trinajstić information content (AvgIpc) is 2.64. The predicted molar refractivity (Wildman–Crippen MR) is 73.8 cm³/mol. The summed E-state index contributed by atoms with van der Waals surface area (Å²) in [5.41, 5.74) is 1.26. The molecule has 1 aromatic carbocycles. The molecule has 2 atom stereocenters. The van der Waals surface area contributed by atoms with Crippen molar-refractivity contribution >= 4 is 17.4 Å². The van der Waals surface area contributed by atoms with Crippen LogP contribution in [0.2, 0.25) is 0 Å². The lowest BCUT2D eigenvalue weighted by molar-refractivity contribution is -0.913. The average molecular weight is 275 g/mol. The Morgan fingerprint density at radius 3 is 2.55 bits per heavy atom. The van der Waals surface area contributed by atoms with E-state index in [0.717, 1.165) is 18.8 Å². The van der Waals surface area contributed by atoms with Crippen LogP contribution in [-0.4, -0.2) is 43.7 Å². The molecular weight excluding hydrogens is 256 g/mol. The first-order valence-electron chi connectivity index (χ1n) is 7.00. The second-order valence-electron chi connectivity index (χ2n) is 5.65. The normalized spacial score (nSPS) is 29.7. The summed E-state index contributed by atoms with van der Waals surface area (Å²) in [4.78, 5) is 27.0. The van der Waals surface area contributed by atoms with Crippen molar-refractivity contribution in [3.8, 4) is 0 Å². The van der Waals surface area contributed by atoms with Crippen LogP contribution in [0.3, 0.4) is 0 Å². The SMILES string of the molecule is C[C@H]1C[NH+](CN2C(=O)C(=O)c3ccccc32)C[C@H](C)O1. The number of morpholine rings is 1. The Hall–Kier alpha value is -1.72. The number of anilines is 1. The van der Waals surface area contributed by atoms with Crippen molar-refractivity contribution in [1.82, 2.24) is 0 Å². The van der Waals surface area contributed by atoms with Crippen LogP contribution < -0.4 is 9.80 Å². The van der Waals surface area contributed by atoms with Crippen molar-refractivity contribution in [2.24, 2.45) is 0 Å². The van der Waals surface area contributed by atoms with Gasteiger partial charge in [-0.1, -0.05) is 12.1 Å². The smallest absolute Gasteiger partial charge is 0.303 e. The molecule has 0 saturated carbocycles. The van der Waals surface area contributed by atoms with E-state index in [1.165, 1.54) is 4.90 Å². The fraction of sp³-hybridized carbons (Fsp3) is 0.467. The van der Waals surface area contributed by atoms with Gasteiger partial charge in [0.15, 0.2) is 6.67 Å². The maximum absolute atomic E-state index is 12.1. The molecule has 0 spiro atoms. The number of hydrogen-bond donors (Lipinski definition) is 1. The molecular formula is C15H19N2O3+. The van der Waals surface area contributed by atoms with E-state index in [-0.39, 0.29) is 12.2 Å². The van der Waals surface area contributed by atoms with Crippen LogP contribution in [0.1, 0.15) is 24.2 Å². The maximum Gasteiger partial charge on any atom is 0.303 e. The third kappa shape index (κ3) is 2.23. The second kappa shape index (κ2) is 5.00. The highest BCUT2D eigenvalue weighted by Gasteiger charge is 2.38. The molecule has 1 saturated heterocycles. The highest BCUT2D eigenvalue weighted by molar-refractivity contribution is 6.52. The summed E-state index contributed by atoms with van der Waals surface area (Å²) < 4.78 is 5.71. The number of rotatable bonds is 2. The summed E-state index contributed by atoms with van der Waals surface area (Å²) in [6.45, 7) is 6.32. The van der Waals surface area contributed by atoms with Gasteiger partial charge in [-0.25, -0.2) is 0 Å². The fourth-order valence-electron chi connectivity index (χ4n) is 3.15. The van der Waals surface area contributed by atoms with E-state index in [2.05, 4.69) is 0 Å². The molecule has 0 aromatic heterocycles. The number of para-hydroxylation sites is 1. The Morgan fingerprint density at radius 2 is 1.85 bits per heavy atom. The van der Waals surface area contributed by atoms with Crippen molar-refractivity contribution < 1.29 is 19.2 Å². The van der Waals surface area contributed by atoms with Crippen LogP contribution in [0.4, 0.5) is 5.69 Å². The van der Waals surface area contributed by atoms with Crippen molar-refractivity contribution in [2.45, 2.75) is 26.1 Å². The molecule has 20 heavy (non-hydrogen) atoms. The molecule has 5 heteroatoms. The molecule has 1 N–H and O–H groups in total. The van der Waals surface area contributed by atoms with Gasteiger partial charge in [-0.2, -0.15) is 0 Å². The minimum atomic E-state index is -0.412. The molecule has 3 rings (SSSR count). The van der Waals surface area contributed by atoms with E-state index in [0.29, 0.717) is 12.2 Å². The summed E-state index contributed by atoms with van der Waals surface area (Å²) in [6.07, 6.45) is 0.356. The first-order valence-corrected chi connectivity index (χ1v) is 7.00. The Bertz CT molecular complexity index is 548. The summed E-state index contributed by atoms with van der Waals surface area (Å²) in [5, 5.41) is 0. The molecule has 5 nitrogen and oxygen atoms in total. The molecule has 2 aliphatic heterocycles. The van der Waals surface area contributed by atoms with Crippen LogP contribution >= 0.6 is 0 Å². The summed E-state index contributed by atoms with van der Waals surface area (Å²) in [7, 11) is 0. The number of nitrogens with one attached hydrogen (secondary N) is 1. The lowest BCUT2D eigenvalue weighted by atomic mass is 10.1. The number of carbonyl (C=O) groups is 2. The lowest BCUT2D eigenvalue weighted by Gasteiger charge is -2.34. The van der Waals surface area contributed by atoms with Crippen molar-refractivity contribution in [2.75, 3.05) is 24.7 Å². The third-order valence-corrected chi connectivity index (χ3v) is 3.88. The van der Waals surface area contributed by atoms with Crippen molar-refractivity contribution in [3.63, 3.8) is 0 Å². The van der Waals surface area contributed by atoms with Gasteiger partial charge >= 0.3 is 5.91 Å². The monoisotopic (exact) mass is 275 g/mol. The number of Topliss-reactive ketones (excluding diaryl/α,β-unsaturated/α-hetero) is 1. The lowest BCUT2D eigenvalue weighted by Crippen LogP contribution is -3.17. The zero-order chi connectivity index (χ0) is 14.3. The number of fused-ring (bicyclic) bond motifs is 1. The quantitative estimate of drug-likeness (QED) is 0.765. The molecule has 2 aliphatic rings. The second-order valence-corrected chi connectivity index (χ2v) is 5.65. The Labute approximate surface area is 118 Å². The van der Waals surface area contributed by atoms with E-state index < -0.39 is 11.7 Å². The third-order valence-electron chi connectivity index (χ3n) is 3.88. The van der Waals surface area contributed by atoms with Gasteiger partial charge in [0.25, 0.3) is 5.78 Å². The van der Waals surface area contributed by atoms with Gasteiger partial charge in [-0.3, -0.25) is 14.5 Å². The Morgan fingerprint density at radius 1 is 1.20 bits per heavy atom. The van der Waals surface area contributed by atoms with Gasteiger partial charge in [0.1, 0.15) is 25.3 Å². The molecule has 1 aromatic rings. The van der Waals surface area contributed by atoms with E-state index in [1.54, 1.807) is 17.0 Å². The number of carbonyl (C=O) groups excluding carboxylic acids is 2. The number of amides is 1. The zero-order valence-corrected chi connectivity index (χ0v) is 11.8.